The van der Waals surface area contributed by atoms with Gasteiger partial charge in [0.15, 0.2) is 23.0 Å². The Bertz CT molecular complexity index is 1140. The number of hydrazone groups is 1. The minimum atomic E-state index is -0.397. The fraction of sp³-hybridized carbons (Fsp3) is 0.231. The Morgan fingerprint density at radius 1 is 0.941 bits per heavy atom. The van der Waals surface area contributed by atoms with Crippen molar-refractivity contribution in [1.82, 2.24) is 5.43 Å². The molecule has 0 heterocycles. The Balaban J connectivity index is 1.67. The van der Waals surface area contributed by atoms with E-state index in [1.165, 1.54) is 13.3 Å². The highest BCUT2D eigenvalue weighted by Gasteiger charge is 2.13. The molecule has 0 bridgehead atoms. The van der Waals surface area contributed by atoms with Crippen molar-refractivity contribution in [3.8, 4) is 23.0 Å². The Morgan fingerprint density at radius 3 is 2.41 bits per heavy atom. The van der Waals surface area contributed by atoms with E-state index in [2.05, 4.69) is 10.5 Å². The maximum absolute atomic E-state index is 12.6. The number of rotatable bonds is 11. The third-order valence-electron chi connectivity index (χ3n) is 4.66. The molecule has 7 nitrogen and oxygen atoms in total. The van der Waals surface area contributed by atoms with E-state index >= 15 is 0 Å². The molecule has 0 atom stereocenters. The monoisotopic (exact) mass is 482 g/mol. The summed E-state index contributed by atoms with van der Waals surface area (Å²) in [5, 5.41) is 4.44. The van der Waals surface area contributed by atoms with E-state index < -0.39 is 5.91 Å². The first kappa shape index (κ1) is 24.9. The lowest BCUT2D eigenvalue weighted by Crippen LogP contribution is -2.17. The molecule has 1 amide bonds. The molecule has 3 rings (SSSR count). The molecule has 34 heavy (non-hydrogen) atoms. The van der Waals surface area contributed by atoms with Crippen LogP contribution in [0.25, 0.3) is 0 Å². The average molecular weight is 483 g/mol. The SMILES string of the molecule is CCOc1cc(/C=N/NC(=O)c2ccc(OCc3ccccc3)c(OC)c2)cc(Cl)c1OCC. The maximum Gasteiger partial charge on any atom is 0.271 e. The average Bonchev–Trinajstić information content (AvgIpc) is 2.85. The number of methoxy groups -OCH3 is 1. The quantitative estimate of drug-likeness (QED) is 0.289. The molecule has 0 radical (unpaired) electrons. The molecule has 0 aliphatic heterocycles. The summed E-state index contributed by atoms with van der Waals surface area (Å²) < 4.78 is 22.4. The highest BCUT2D eigenvalue weighted by Crippen LogP contribution is 2.36. The van der Waals surface area contributed by atoms with Crippen LogP contribution in [0.2, 0.25) is 5.02 Å². The summed E-state index contributed by atoms with van der Waals surface area (Å²) in [7, 11) is 1.52. The van der Waals surface area contributed by atoms with Crippen LogP contribution >= 0.6 is 11.6 Å². The number of nitrogens with one attached hydrogen (secondary N) is 1. The van der Waals surface area contributed by atoms with Gasteiger partial charge in [0, 0.05) is 5.56 Å². The van der Waals surface area contributed by atoms with Crippen molar-refractivity contribution >= 4 is 23.7 Å². The van der Waals surface area contributed by atoms with Crippen LogP contribution in [0.5, 0.6) is 23.0 Å². The van der Waals surface area contributed by atoms with Crippen molar-refractivity contribution in [3.05, 3.63) is 82.4 Å². The molecule has 0 fully saturated rings. The predicted molar refractivity (Wildman–Crippen MR) is 133 cm³/mol. The fourth-order valence-electron chi connectivity index (χ4n) is 3.10. The molecule has 1 N–H and O–H groups in total. The Morgan fingerprint density at radius 2 is 1.71 bits per heavy atom. The summed E-state index contributed by atoms with van der Waals surface area (Å²) in [5.74, 6) is 1.59. The minimum Gasteiger partial charge on any atom is -0.493 e. The van der Waals surface area contributed by atoms with Crippen molar-refractivity contribution in [2.45, 2.75) is 20.5 Å². The first-order chi connectivity index (χ1) is 16.5. The van der Waals surface area contributed by atoms with Gasteiger partial charge in [0.05, 0.1) is 31.6 Å². The van der Waals surface area contributed by atoms with Gasteiger partial charge in [-0.15, -0.1) is 0 Å². The van der Waals surface area contributed by atoms with Gasteiger partial charge in [0.25, 0.3) is 5.91 Å². The summed E-state index contributed by atoms with van der Waals surface area (Å²) >= 11 is 6.32. The zero-order valence-electron chi connectivity index (χ0n) is 19.3. The molecule has 178 valence electrons. The first-order valence-electron chi connectivity index (χ1n) is 10.8. The minimum absolute atomic E-state index is 0.376. The highest BCUT2D eigenvalue weighted by atomic mass is 35.5. The van der Waals surface area contributed by atoms with Crippen LogP contribution in [0, 0.1) is 0 Å². The van der Waals surface area contributed by atoms with Crippen LogP contribution in [-0.4, -0.2) is 32.4 Å². The van der Waals surface area contributed by atoms with Gasteiger partial charge in [-0.05, 0) is 55.3 Å². The molecule has 0 spiro atoms. The van der Waals surface area contributed by atoms with Crippen LogP contribution in [0.1, 0.15) is 35.3 Å². The van der Waals surface area contributed by atoms with E-state index in [1.807, 2.05) is 44.2 Å². The number of hydrogen-bond donors (Lipinski definition) is 1. The summed E-state index contributed by atoms with van der Waals surface area (Å²) in [6.07, 6.45) is 1.48. The van der Waals surface area contributed by atoms with Gasteiger partial charge in [0.1, 0.15) is 6.61 Å². The van der Waals surface area contributed by atoms with Gasteiger partial charge >= 0.3 is 0 Å². The number of nitrogens with zero attached hydrogens (tertiary/aromatic N) is 1. The molecule has 0 saturated carbocycles. The Hall–Kier alpha value is -3.71. The smallest absolute Gasteiger partial charge is 0.271 e. The van der Waals surface area contributed by atoms with Crippen molar-refractivity contribution in [2.24, 2.45) is 5.10 Å². The second-order valence-electron chi connectivity index (χ2n) is 7.04. The van der Waals surface area contributed by atoms with Gasteiger partial charge in [-0.2, -0.15) is 5.10 Å². The standard InChI is InChI=1S/C26H27ClN2O5/c1-4-32-24-14-19(13-21(27)25(24)33-5-2)16-28-29-26(30)20-11-12-22(23(15-20)31-3)34-17-18-9-7-6-8-10-18/h6-16H,4-5,17H2,1-3H3,(H,29,30)/b28-16+. The van der Waals surface area contributed by atoms with Gasteiger partial charge in [-0.3, -0.25) is 4.79 Å². The first-order valence-corrected chi connectivity index (χ1v) is 11.2. The van der Waals surface area contributed by atoms with Crippen LogP contribution in [0.15, 0.2) is 65.8 Å². The second kappa shape index (κ2) is 12.5. The maximum atomic E-state index is 12.6. The highest BCUT2D eigenvalue weighted by molar-refractivity contribution is 6.32. The van der Waals surface area contributed by atoms with E-state index in [9.17, 15) is 4.79 Å². The summed E-state index contributed by atoms with van der Waals surface area (Å²) in [6.45, 7) is 5.05. The summed E-state index contributed by atoms with van der Waals surface area (Å²) in [4.78, 5) is 12.6. The van der Waals surface area contributed by atoms with Crippen LogP contribution in [-0.2, 0) is 6.61 Å². The molecule has 0 aliphatic carbocycles. The summed E-state index contributed by atoms with van der Waals surface area (Å²) in [5.41, 5.74) is 4.56. The molecular formula is C26H27ClN2O5. The number of hydrogen-bond acceptors (Lipinski definition) is 6. The number of halogens is 1. The zero-order chi connectivity index (χ0) is 24.3. The molecule has 3 aromatic carbocycles. The lowest BCUT2D eigenvalue weighted by Gasteiger charge is -2.13. The van der Waals surface area contributed by atoms with Crippen molar-refractivity contribution in [1.29, 1.82) is 0 Å². The fourth-order valence-corrected chi connectivity index (χ4v) is 3.38. The third-order valence-corrected chi connectivity index (χ3v) is 4.94. The van der Waals surface area contributed by atoms with Crippen molar-refractivity contribution in [2.75, 3.05) is 20.3 Å². The third kappa shape index (κ3) is 6.65. The molecular weight excluding hydrogens is 456 g/mol. The number of benzene rings is 3. The second-order valence-corrected chi connectivity index (χ2v) is 7.44. The van der Waals surface area contributed by atoms with Crippen LogP contribution in [0.3, 0.4) is 0 Å². The molecule has 0 saturated heterocycles. The van der Waals surface area contributed by atoms with E-state index in [1.54, 1.807) is 30.3 Å². The molecule has 0 unspecified atom stereocenters. The van der Waals surface area contributed by atoms with Gasteiger partial charge < -0.3 is 18.9 Å². The molecule has 3 aromatic rings. The van der Waals surface area contributed by atoms with Crippen LogP contribution in [0.4, 0.5) is 0 Å². The lowest BCUT2D eigenvalue weighted by atomic mass is 10.2. The van der Waals surface area contributed by atoms with E-state index in [0.29, 0.717) is 59.0 Å². The Labute approximate surface area is 204 Å². The largest absolute Gasteiger partial charge is 0.493 e. The normalized spacial score (nSPS) is 10.7. The molecule has 0 aliphatic rings. The molecule has 0 aromatic heterocycles. The number of amides is 1. The zero-order valence-corrected chi connectivity index (χ0v) is 20.1. The van der Waals surface area contributed by atoms with E-state index in [4.69, 9.17) is 30.5 Å². The van der Waals surface area contributed by atoms with Crippen LogP contribution < -0.4 is 24.4 Å². The van der Waals surface area contributed by atoms with E-state index in [0.717, 1.165) is 5.56 Å². The number of carbonyl (C=O) groups excluding carboxylic acids is 1. The molecule has 8 heteroatoms. The van der Waals surface area contributed by atoms with Crippen molar-refractivity contribution < 1.29 is 23.7 Å². The van der Waals surface area contributed by atoms with Crippen molar-refractivity contribution in [3.63, 3.8) is 0 Å². The Kier molecular flexibility index (Phi) is 9.17. The number of carbonyl (C=O) groups is 1. The van der Waals surface area contributed by atoms with Gasteiger partial charge in [0.2, 0.25) is 0 Å². The van der Waals surface area contributed by atoms with E-state index in [-0.39, 0.29) is 0 Å². The topological polar surface area (TPSA) is 78.4 Å². The predicted octanol–water partition coefficient (Wildman–Crippen LogP) is 5.49. The number of ether oxygens (including phenoxy) is 4. The lowest BCUT2D eigenvalue weighted by molar-refractivity contribution is 0.0954. The summed E-state index contributed by atoms with van der Waals surface area (Å²) in [6, 6.07) is 18.2. The van der Waals surface area contributed by atoms with Gasteiger partial charge in [-0.1, -0.05) is 41.9 Å². The van der Waals surface area contributed by atoms with Gasteiger partial charge in [-0.25, -0.2) is 5.43 Å².